The molecule has 0 aromatic heterocycles. The number of carbonyl (C=O) groups excluding carboxylic acids is 2. The maximum atomic E-state index is 12.1. The summed E-state index contributed by atoms with van der Waals surface area (Å²) in [6.07, 6.45) is 7.56. The summed E-state index contributed by atoms with van der Waals surface area (Å²) in [4.78, 5) is 23.0. The van der Waals surface area contributed by atoms with Crippen molar-refractivity contribution in [1.29, 1.82) is 0 Å². The van der Waals surface area contributed by atoms with Gasteiger partial charge in [0, 0.05) is 26.7 Å². The number of hydrogen-bond donors (Lipinski definition) is 2. The summed E-state index contributed by atoms with van der Waals surface area (Å²) in [6.45, 7) is 17.1. The van der Waals surface area contributed by atoms with Crippen LogP contribution in [0.4, 0.5) is 0 Å². The summed E-state index contributed by atoms with van der Waals surface area (Å²) in [5.41, 5.74) is 0.172. The third-order valence-electron chi connectivity index (χ3n) is 6.73. The van der Waals surface area contributed by atoms with Crippen LogP contribution >= 0.6 is 0 Å². The van der Waals surface area contributed by atoms with E-state index in [-0.39, 0.29) is 24.0 Å². The van der Waals surface area contributed by atoms with Crippen molar-refractivity contribution in [1.82, 2.24) is 5.32 Å². The number of aliphatic hydroxyl groups is 1. The number of hydrogen-bond acceptors (Lipinski definition) is 8. The lowest BCUT2D eigenvalue weighted by Gasteiger charge is -2.41. The van der Waals surface area contributed by atoms with E-state index < -0.39 is 35.7 Å². The Hall–Kier alpha value is -2.46. The van der Waals surface area contributed by atoms with Crippen molar-refractivity contribution >= 4 is 11.9 Å². The molecule has 0 radical (unpaired) electrons. The van der Waals surface area contributed by atoms with Gasteiger partial charge in [-0.25, -0.2) is 0 Å². The number of amides is 1. The van der Waals surface area contributed by atoms with Crippen LogP contribution < -0.4 is 5.32 Å². The highest BCUT2D eigenvalue weighted by Gasteiger charge is 2.66. The number of nitrogens with one attached hydrogen (secondary N) is 1. The summed E-state index contributed by atoms with van der Waals surface area (Å²) in [5.74, 6) is -0.749. The van der Waals surface area contributed by atoms with Gasteiger partial charge in [0.15, 0.2) is 11.4 Å². The van der Waals surface area contributed by atoms with E-state index in [9.17, 15) is 14.7 Å². The minimum atomic E-state index is -0.885. The average molecular weight is 536 g/mol. The molecule has 2 saturated heterocycles. The molecule has 2 heterocycles. The summed E-state index contributed by atoms with van der Waals surface area (Å²) >= 11 is 0. The Morgan fingerprint density at radius 1 is 1.24 bits per heavy atom. The first-order valence-electron chi connectivity index (χ1n) is 13.1. The molecule has 2 N–H and O–H groups in total. The van der Waals surface area contributed by atoms with Crippen LogP contribution in [0.5, 0.6) is 0 Å². The van der Waals surface area contributed by atoms with Crippen LogP contribution in [0.15, 0.2) is 48.3 Å². The zero-order valence-electron chi connectivity index (χ0n) is 24.0. The van der Waals surface area contributed by atoms with E-state index >= 15 is 0 Å². The SMILES string of the molecule is C=C1OC12CC(C)(OC)OC(C=CC(C)=CCC(OC(C)CNC(=O)C=CC(C)OC(C)=O)C(C)C)C2O. The number of rotatable bonds is 13. The molecule has 0 bridgehead atoms. The Bertz CT molecular complexity index is 941. The minimum absolute atomic E-state index is 0.0513. The first kappa shape index (κ1) is 31.8. The van der Waals surface area contributed by atoms with Crippen molar-refractivity contribution in [3.63, 3.8) is 0 Å². The lowest BCUT2D eigenvalue weighted by atomic mass is 9.86. The van der Waals surface area contributed by atoms with Gasteiger partial charge in [-0.1, -0.05) is 44.2 Å². The molecule has 2 aliphatic rings. The van der Waals surface area contributed by atoms with E-state index in [0.29, 0.717) is 25.1 Å². The molecule has 0 saturated carbocycles. The molecule has 0 aliphatic carbocycles. The second-order valence-electron chi connectivity index (χ2n) is 10.6. The molecule has 9 nitrogen and oxygen atoms in total. The third-order valence-corrected chi connectivity index (χ3v) is 6.73. The number of carbonyl (C=O) groups is 2. The van der Waals surface area contributed by atoms with E-state index in [4.69, 9.17) is 23.7 Å². The molecule has 1 amide bonds. The molecule has 9 heteroatoms. The summed E-state index contributed by atoms with van der Waals surface area (Å²) < 4.78 is 28.3. The molecular formula is C29H45NO8. The standard InChI is InChI=1S/C29H45NO8/c1-18(2)24(36-21(5)16-30-26(32)15-12-20(4)35-23(7)31)13-10-19(3)11-14-25-27(33)29(22(6)37-29)17-28(8,34-9)38-25/h10-12,14-15,18,20-21,24-25,27,33H,6,13,16-17H2,1-5,7-9H3,(H,30,32). The molecule has 38 heavy (non-hydrogen) atoms. The van der Waals surface area contributed by atoms with Gasteiger partial charge in [0.2, 0.25) is 5.91 Å². The van der Waals surface area contributed by atoms with Crippen molar-refractivity contribution in [3.05, 3.63) is 48.3 Å². The summed E-state index contributed by atoms with van der Waals surface area (Å²) in [5, 5.41) is 13.6. The summed E-state index contributed by atoms with van der Waals surface area (Å²) in [6, 6.07) is 0. The van der Waals surface area contributed by atoms with Gasteiger partial charge in [-0.05, 0) is 46.1 Å². The Balaban J connectivity index is 1.89. The Morgan fingerprint density at radius 3 is 2.45 bits per heavy atom. The van der Waals surface area contributed by atoms with Gasteiger partial charge in [-0.15, -0.1) is 0 Å². The number of methoxy groups -OCH3 is 1. The lowest BCUT2D eigenvalue weighted by molar-refractivity contribution is -0.284. The zero-order valence-corrected chi connectivity index (χ0v) is 24.0. The highest BCUT2D eigenvalue weighted by Crippen LogP contribution is 2.53. The fourth-order valence-corrected chi connectivity index (χ4v) is 4.34. The number of esters is 1. The van der Waals surface area contributed by atoms with E-state index in [1.54, 1.807) is 14.0 Å². The second kappa shape index (κ2) is 13.6. The van der Waals surface area contributed by atoms with Crippen LogP contribution in [0.3, 0.4) is 0 Å². The predicted octanol–water partition coefficient (Wildman–Crippen LogP) is 3.73. The van der Waals surface area contributed by atoms with Crippen molar-refractivity contribution in [2.24, 2.45) is 5.92 Å². The maximum Gasteiger partial charge on any atom is 0.303 e. The molecule has 7 atom stereocenters. The van der Waals surface area contributed by atoms with Crippen LogP contribution in [0.25, 0.3) is 0 Å². The van der Waals surface area contributed by atoms with Crippen LogP contribution in [-0.2, 0) is 33.3 Å². The van der Waals surface area contributed by atoms with Crippen LogP contribution in [0, 0.1) is 5.92 Å². The molecule has 2 fully saturated rings. The number of ether oxygens (including phenoxy) is 5. The van der Waals surface area contributed by atoms with E-state index in [1.165, 1.54) is 19.1 Å². The molecule has 1 spiro atoms. The van der Waals surface area contributed by atoms with Gasteiger partial charge in [-0.2, -0.15) is 0 Å². The molecule has 2 rings (SSSR count). The van der Waals surface area contributed by atoms with E-state index in [2.05, 4.69) is 31.8 Å². The van der Waals surface area contributed by atoms with Gasteiger partial charge in [0.1, 0.15) is 24.1 Å². The van der Waals surface area contributed by atoms with Gasteiger partial charge in [0.05, 0.1) is 18.6 Å². The molecular weight excluding hydrogens is 490 g/mol. The maximum absolute atomic E-state index is 12.1. The zero-order chi connectivity index (χ0) is 28.7. The second-order valence-corrected chi connectivity index (χ2v) is 10.6. The molecule has 0 aromatic carbocycles. The average Bonchev–Trinajstić information content (AvgIpc) is 3.48. The van der Waals surface area contributed by atoms with Crippen LogP contribution in [-0.4, -0.2) is 72.5 Å². The monoisotopic (exact) mass is 535 g/mol. The smallest absolute Gasteiger partial charge is 0.303 e. The molecule has 7 unspecified atom stereocenters. The van der Waals surface area contributed by atoms with E-state index in [0.717, 1.165) is 5.57 Å². The lowest BCUT2D eigenvalue weighted by Crippen LogP contribution is -2.55. The van der Waals surface area contributed by atoms with Crippen molar-refractivity contribution < 1.29 is 38.4 Å². The van der Waals surface area contributed by atoms with Crippen molar-refractivity contribution in [2.45, 2.75) is 103 Å². The molecule has 0 aromatic rings. The number of aliphatic hydroxyl groups excluding tert-OH is 1. The highest BCUT2D eigenvalue weighted by molar-refractivity contribution is 5.87. The van der Waals surface area contributed by atoms with Crippen molar-refractivity contribution in [2.75, 3.05) is 13.7 Å². The summed E-state index contributed by atoms with van der Waals surface area (Å²) in [7, 11) is 1.57. The van der Waals surface area contributed by atoms with Gasteiger partial charge in [0.25, 0.3) is 0 Å². The molecule has 2 aliphatic heterocycles. The van der Waals surface area contributed by atoms with E-state index in [1.807, 2.05) is 32.9 Å². The number of epoxide rings is 1. The first-order valence-corrected chi connectivity index (χ1v) is 13.1. The van der Waals surface area contributed by atoms with Crippen LogP contribution in [0.2, 0.25) is 0 Å². The largest absolute Gasteiger partial charge is 0.477 e. The first-order chi connectivity index (χ1) is 17.7. The quantitative estimate of drug-likeness (QED) is 0.159. The van der Waals surface area contributed by atoms with Crippen molar-refractivity contribution in [3.8, 4) is 0 Å². The van der Waals surface area contributed by atoms with Gasteiger partial charge in [-0.3, -0.25) is 9.59 Å². The predicted molar refractivity (Wildman–Crippen MR) is 144 cm³/mol. The molecule has 214 valence electrons. The fraction of sp³-hybridized carbons (Fsp3) is 0.655. The van der Waals surface area contributed by atoms with Crippen LogP contribution in [0.1, 0.15) is 61.3 Å². The Morgan fingerprint density at radius 2 is 1.89 bits per heavy atom. The fourth-order valence-electron chi connectivity index (χ4n) is 4.34. The highest BCUT2D eigenvalue weighted by atomic mass is 16.7. The Kier molecular flexibility index (Phi) is 11.3. The topological polar surface area (TPSA) is 116 Å². The Labute approximate surface area is 226 Å². The van der Waals surface area contributed by atoms with Gasteiger partial charge < -0.3 is 34.1 Å². The normalized spacial score (nSPS) is 29.9. The third kappa shape index (κ3) is 9.08. The van der Waals surface area contributed by atoms with Gasteiger partial charge >= 0.3 is 5.97 Å². The minimum Gasteiger partial charge on any atom is -0.477 e. The number of allylic oxidation sites excluding steroid dienone is 2.